The van der Waals surface area contributed by atoms with Crippen molar-refractivity contribution in [1.29, 1.82) is 0 Å². The summed E-state index contributed by atoms with van der Waals surface area (Å²) in [5.41, 5.74) is 7.66. The molecule has 0 aliphatic heterocycles. The van der Waals surface area contributed by atoms with Gasteiger partial charge in [0.15, 0.2) is 0 Å². The third-order valence-electron chi connectivity index (χ3n) is 2.21. The van der Waals surface area contributed by atoms with Gasteiger partial charge in [-0.2, -0.15) is 0 Å². The number of benzene rings is 1. The smallest absolute Gasteiger partial charge is 0.322 e. The first-order valence-corrected chi connectivity index (χ1v) is 5.18. The zero-order valence-electron chi connectivity index (χ0n) is 8.57. The Labute approximate surface area is 94.2 Å². The van der Waals surface area contributed by atoms with Crippen molar-refractivity contribution in [3.05, 3.63) is 35.4 Å². The second kappa shape index (κ2) is 5.73. The predicted molar refractivity (Wildman–Crippen MR) is 59.7 cm³/mol. The number of ether oxygens (including phenoxy) is 1. The Morgan fingerprint density at radius 3 is 2.60 bits per heavy atom. The Bertz CT molecular complexity index is 341. The molecule has 0 saturated heterocycles. The lowest BCUT2D eigenvalue weighted by Gasteiger charge is -2.11. The molecule has 1 atom stereocenters. The van der Waals surface area contributed by atoms with Gasteiger partial charge < -0.3 is 10.5 Å². The minimum atomic E-state index is -0.626. The summed E-state index contributed by atoms with van der Waals surface area (Å²) < 4.78 is 4.56. The van der Waals surface area contributed by atoms with Crippen LogP contribution in [-0.4, -0.2) is 19.1 Å². The fraction of sp³-hybridized carbons (Fsp3) is 0.364. The highest BCUT2D eigenvalue weighted by Gasteiger charge is 2.15. The second-order valence-electron chi connectivity index (χ2n) is 3.24. The van der Waals surface area contributed by atoms with E-state index >= 15 is 0 Å². The summed E-state index contributed by atoms with van der Waals surface area (Å²) in [6.45, 7) is 0. The van der Waals surface area contributed by atoms with E-state index in [1.54, 1.807) is 0 Å². The van der Waals surface area contributed by atoms with Crippen LogP contribution in [-0.2, 0) is 21.8 Å². The molecule has 1 aromatic carbocycles. The van der Waals surface area contributed by atoms with Crippen LogP contribution in [0.2, 0.25) is 0 Å². The lowest BCUT2D eigenvalue weighted by atomic mass is 10.0. The molecule has 0 radical (unpaired) electrons. The minimum Gasteiger partial charge on any atom is -0.468 e. The molecule has 1 rings (SSSR count). The van der Waals surface area contributed by atoms with Crippen LogP contribution < -0.4 is 5.73 Å². The molecule has 2 N–H and O–H groups in total. The van der Waals surface area contributed by atoms with E-state index in [1.807, 2.05) is 24.3 Å². The van der Waals surface area contributed by atoms with Crippen LogP contribution in [0.15, 0.2) is 24.3 Å². The summed E-state index contributed by atoms with van der Waals surface area (Å²) >= 11 is 5.77. The molecule has 1 unspecified atom stereocenters. The third kappa shape index (κ3) is 3.22. The van der Waals surface area contributed by atoms with Gasteiger partial charge in [0.05, 0.1) is 7.11 Å². The highest BCUT2D eigenvalue weighted by Crippen LogP contribution is 2.13. The van der Waals surface area contributed by atoms with Crippen molar-refractivity contribution in [2.45, 2.75) is 18.3 Å². The van der Waals surface area contributed by atoms with Crippen LogP contribution in [0.3, 0.4) is 0 Å². The number of hydrogen-bond acceptors (Lipinski definition) is 3. The first-order valence-electron chi connectivity index (χ1n) is 4.65. The number of rotatable bonds is 4. The summed E-state index contributed by atoms with van der Waals surface area (Å²) in [4.78, 5) is 11.1. The summed E-state index contributed by atoms with van der Waals surface area (Å²) in [5.74, 6) is 0.0173. The molecule has 82 valence electrons. The molecule has 0 aromatic heterocycles. The van der Waals surface area contributed by atoms with Gasteiger partial charge in [-0.1, -0.05) is 24.3 Å². The topological polar surface area (TPSA) is 52.3 Å². The van der Waals surface area contributed by atoms with Gasteiger partial charge in [0, 0.05) is 5.88 Å². The second-order valence-corrected chi connectivity index (χ2v) is 3.50. The van der Waals surface area contributed by atoms with Crippen LogP contribution in [0.1, 0.15) is 11.1 Å². The Hall–Kier alpha value is -1.06. The average Bonchev–Trinajstić information content (AvgIpc) is 2.28. The minimum absolute atomic E-state index is 0.403. The van der Waals surface area contributed by atoms with Crippen molar-refractivity contribution in [2.24, 2.45) is 5.73 Å². The standard InChI is InChI=1S/C11H14ClNO2/c1-15-11(14)10(13)6-8-4-2-3-5-9(8)7-12/h2-5,10H,6-7,13H2,1H3. The number of methoxy groups -OCH3 is 1. The van der Waals surface area contributed by atoms with Crippen molar-refractivity contribution in [3.8, 4) is 0 Å². The molecule has 1 aromatic rings. The van der Waals surface area contributed by atoms with Gasteiger partial charge in [0.1, 0.15) is 6.04 Å². The molecule has 0 heterocycles. The van der Waals surface area contributed by atoms with E-state index in [0.717, 1.165) is 11.1 Å². The fourth-order valence-corrected chi connectivity index (χ4v) is 1.62. The van der Waals surface area contributed by atoms with Gasteiger partial charge >= 0.3 is 5.97 Å². The lowest BCUT2D eigenvalue weighted by molar-refractivity contribution is -0.142. The summed E-state index contributed by atoms with van der Waals surface area (Å²) in [7, 11) is 1.33. The SMILES string of the molecule is COC(=O)C(N)Cc1ccccc1CCl. The van der Waals surface area contributed by atoms with Crippen molar-refractivity contribution >= 4 is 17.6 Å². The van der Waals surface area contributed by atoms with Gasteiger partial charge in [0.25, 0.3) is 0 Å². The van der Waals surface area contributed by atoms with E-state index in [2.05, 4.69) is 4.74 Å². The Kier molecular flexibility index (Phi) is 4.59. The number of alkyl halides is 1. The largest absolute Gasteiger partial charge is 0.468 e. The number of carbonyl (C=O) groups excluding carboxylic acids is 1. The summed E-state index contributed by atoms with van der Waals surface area (Å²) in [6.07, 6.45) is 0.454. The van der Waals surface area contributed by atoms with E-state index in [0.29, 0.717) is 12.3 Å². The maximum Gasteiger partial charge on any atom is 0.322 e. The fourth-order valence-electron chi connectivity index (χ4n) is 1.36. The third-order valence-corrected chi connectivity index (χ3v) is 2.49. The van der Waals surface area contributed by atoms with Crippen molar-refractivity contribution in [1.82, 2.24) is 0 Å². The van der Waals surface area contributed by atoms with E-state index in [9.17, 15) is 4.79 Å². The summed E-state index contributed by atoms with van der Waals surface area (Å²) in [5, 5.41) is 0. The number of carbonyl (C=O) groups is 1. The molecule has 0 fully saturated rings. The number of hydrogen-bond donors (Lipinski definition) is 1. The van der Waals surface area contributed by atoms with Crippen LogP contribution in [0, 0.1) is 0 Å². The van der Waals surface area contributed by atoms with Gasteiger partial charge in [-0.15, -0.1) is 11.6 Å². The van der Waals surface area contributed by atoms with Crippen molar-refractivity contribution in [2.75, 3.05) is 7.11 Å². The molecular weight excluding hydrogens is 214 g/mol. The normalized spacial score (nSPS) is 12.2. The van der Waals surface area contributed by atoms with E-state index in [-0.39, 0.29) is 0 Å². The lowest BCUT2D eigenvalue weighted by Crippen LogP contribution is -2.33. The quantitative estimate of drug-likeness (QED) is 0.626. The van der Waals surface area contributed by atoms with Gasteiger partial charge in [0.2, 0.25) is 0 Å². The highest BCUT2D eigenvalue weighted by atomic mass is 35.5. The maximum atomic E-state index is 11.1. The molecule has 0 saturated carbocycles. The molecule has 4 heteroatoms. The van der Waals surface area contributed by atoms with Gasteiger partial charge in [-0.25, -0.2) is 0 Å². The van der Waals surface area contributed by atoms with Crippen molar-refractivity contribution in [3.63, 3.8) is 0 Å². The molecule has 0 aliphatic rings. The Morgan fingerprint density at radius 2 is 2.07 bits per heavy atom. The average molecular weight is 228 g/mol. The first-order chi connectivity index (χ1) is 7.19. The highest BCUT2D eigenvalue weighted by molar-refractivity contribution is 6.17. The van der Waals surface area contributed by atoms with Crippen LogP contribution in [0.4, 0.5) is 0 Å². The molecule has 0 amide bonds. The number of nitrogens with two attached hydrogens (primary N) is 1. The molecule has 0 aliphatic carbocycles. The maximum absolute atomic E-state index is 11.1. The zero-order valence-corrected chi connectivity index (χ0v) is 9.33. The number of halogens is 1. The van der Waals surface area contributed by atoms with Gasteiger partial charge in [-0.3, -0.25) is 4.79 Å². The Balaban J connectivity index is 2.75. The molecular formula is C11H14ClNO2. The van der Waals surface area contributed by atoms with E-state index in [4.69, 9.17) is 17.3 Å². The molecule has 0 bridgehead atoms. The number of esters is 1. The molecule has 3 nitrogen and oxygen atoms in total. The molecule has 0 spiro atoms. The van der Waals surface area contributed by atoms with Crippen LogP contribution in [0.25, 0.3) is 0 Å². The summed E-state index contributed by atoms with van der Waals surface area (Å²) in [6, 6.07) is 7.02. The Morgan fingerprint density at radius 1 is 1.47 bits per heavy atom. The van der Waals surface area contributed by atoms with Crippen LogP contribution in [0.5, 0.6) is 0 Å². The molecule has 15 heavy (non-hydrogen) atoms. The van der Waals surface area contributed by atoms with Crippen molar-refractivity contribution < 1.29 is 9.53 Å². The van der Waals surface area contributed by atoms with E-state index < -0.39 is 12.0 Å². The van der Waals surface area contributed by atoms with Crippen LogP contribution >= 0.6 is 11.6 Å². The first kappa shape index (κ1) is 12.0. The monoisotopic (exact) mass is 227 g/mol. The van der Waals surface area contributed by atoms with E-state index in [1.165, 1.54) is 7.11 Å². The van der Waals surface area contributed by atoms with Gasteiger partial charge in [-0.05, 0) is 17.5 Å². The zero-order chi connectivity index (χ0) is 11.3. The predicted octanol–water partition coefficient (Wildman–Crippen LogP) is 1.47.